The van der Waals surface area contributed by atoms with Gasteiger partial charge in [0.1, 0.15) is 5.69 Å². The molecule has 3 rings (SSSR count). The van der Waals surface area contributed by atoms with Crippen LogP contribution in [-0.2, 0) is 0 Å². The van der Waals surface area contributed by atoms with Crippen LogP contribution in [0.1, 0.15) is 23.3 Å². The van der Waals surface area contributed by atoms with Crippen LogP contribution >= 0.6 is 15.9 Å². The van der Waals surface area contributed by atoms with Gasteiger partial charge in [0.05, 0.1) is 0 Å². The van der Waals surface area contributed by atoms with Gasteiger partial charge in [-0.05, 0) is 37.1 Å². The summed E-state index contributed by atoms with van der Waals surface area (Å²) in [5.74, 6) is 0.408. The maximum atomic E-state index is 12.3. The van der Waals surface area contributed by atoms with Crippen molar-refractivity contribution in [2.45, 2.75) is 12.8 Å². The summed E-state index contributed by atoms with van der Waals surface area (Å²) in [6.45, 7) is 1.91. The van der Waals surface area contributed by atoms with Crippen molar-refractivity contribution >= 4 is 33.5 Å². The molecule has 1 aromatic carbocycles. The molecule has 6 heteroatoms. The van der Waals surface area contributed by atoms with E-state index in [9.17, 15) is 4.79 Å². The Hall–Kier alpha value is -1.95. The topological polar surface area (TPSA) is 58.1 Å². The van der Waals surface area contributed by atoms with E-state index in [1.54, 1.807) is 12.3 Å². The molecule has 0 unspecified atom stereocenters. The molecular weight excluding hydrogens is 332 g/mol. The Labute approximate surface area is 131 Å². The molecule has 0 saturated carbocycles. The van der Waals surface area contributed by atoms with Crippen molar-refractivity contribution < 1.29 is 4.79 Å². The molecule has 0 bridgehead atoms. The van der Waals surface area contributed by atoms with E-state index in [1.807, 2.05) is 24.3 Å². The normalized spacial score (nSPS) is 14.2. The van der Waals surface area contributed by atoms with Crippen LogP contribution < -0.4 is 10.2 Å². The third-order valence-corrected chi connectivity index (χ3v) is 3.84. The smallest absolute Gasteiger partial charge is 0.274 e. The maximum Gasteiger partial charge on any atom is 0.274 e. The molecule has 21 heavy (non-hydrogen) atoms. The highest BCUT2D eigenvalue weighted by Crippen LogP contribution is 2.18. The van der Waals surface area contributed by atoms with Gasteiger partial charge in [0, 0.05) is 29.4 Å². The van der Waals surface area contributed by atoms with Gasteiger partial charge in [-0.25, -0.2) is 9.97 Å². The number of nitrogens with zero attached hydrogens (tertiary/aromatic N) is 3. The van der Waals surface area contributed by atoms with E-state index in [0.29, 0.717) is 11.6 Å². The van der Waals surface area contributed by atoms with Gasteiger partial charge in [-0.15, -0.1) is 0 Å². The number of carbonyl (C=O) groups excluding carboxylic acids is 1. The molecule has 1 N–H and O–H groups in total. The first kappa shape index (κ1) is 14.0. The number of rotatable bonds is 3. The zero-order valence-electron chi connectivity index (χ0n) is 11.4. The molecule has 1 amide bonds. The molecule has 1 aliphatic heterocycles. The Morgan fingerprint density at radius 3 is 2.81 bits per heavy atom. The zero-order valence-corrected chi connectivity index (χ0v) is 13.0. The second kappa shape index (κ2) is 6.22. The molecule has 0 radical (unpaired) electrons. The highest BCUT2D eigenvalue weighted by atomic mass is 79.9. The Kier molecular flexibility index (Phi) is 4.15. The number of carbonyl (C=O) groups is 1. The first-order valence-electron chi connectivity index (χ1n) is 6.87. The van der Waals surface area contributed by atoms with Crippen molar-refractivity contribution in [1.82, 2.24) is 9.97 Å². The van der Waals surface area contributed by atoms with Crippen LogP contribution in [-0.4, -0.2) is 29.0 Å². The standard InChI is InChI=1S/C15H15BrN4O/c16-11-4-3-5-12(10-11)18-14(21)13-6-7-17-15(19-13)20-8-1-2-9-20/h3-7,10H,1-2,8-9H2,(H,18,21). The third-order valence-electron chi connectivity index (χ3n) is 3.35. The van der Waals surface area contributed by atoms with E-state index in [-0.39, 0.29) is 5.91 Å². The van der Waals surface area contributed by atoms with Crippen LogP contribution in [0, 0.1) is 0 Å². The average Bonchev–Trinajstić information content (AvgIpc) is 3.02. The molecule has 0 atom stereocenters. The van der Waals surface area contributed by atoms with Gasteiger partial charge >= 0.3 is 0 Å². The van der Waals surface area contributed by atoms with E-state index in [0.717, 1.165) is 36.1 Å². The van der Waals surface area contributed by atoms with Crippen molar-refractivity contribution in [3.63, 3.8) is 0 Å². The van der Waals surface area contributed by atoms with Crippen LogP contribution in [0.15, 0.2) is 41.0 Å². The summed E-state index contributed by atoms with van der Waals surface area (Å²) in [5, 5.41) is 2.84. The summed E-state index contributed by atoms with van der Waals surface area (Å²) in [6.07, 6.45) is 3.94. The van der Waals surface area contributed by atoms with Crippen LogP contribution in [0.25, 0.3) is 0 Å². The third kappa shape index (κ3) is 3.39. The van der Waals surface area contributed by atoms with Gasteiger partial charge < -0.3 is 10.2 Å². The highest BCUT2D eigenvalue weighted by Gasteiger charge is 2.17. The summed E-state index contributed by atoms with van der Waals surface area (Å²) in [6, 6.07) is 9.10. The second-order valence-corrected chi connectivity index (χ2v) is 5.82. The predicted molar refractivity (Wildman–Crippen MR) is 85.6 cm³/mol. The second-order valence-electron chi connectivity index (χ2n) is 4.90. The summed E-state index contributed by atoms with van der Waals surface area (Å²) in [5.41, 5.74) is 1.11. The fourth-order valence-electron chi connectivity index (χ4n) is 2.31. The molecule has 1 aliphatic rings. The monoisotopic (exact) mass is 346 g/mol. The molecule has 1 fully saturated rings. The predicted octanol–water partition coefficient (Wildman–Crippen LogP) is 3.09. The maximum absolute atomic E-state index is 12.3. The molecule has 0 aliphatic carbocycles. The number of hydrogen-bond donors (Lipinski definition) is 1. The Balaban J connectivity index is 1.76. The minimum Gasteiger partial charge on any atom is -0.341 e. The van der Waals surface area contributed by atoms with Gasteiger partial charge in [-0.1, -0.05) is 22.0 Å². The molecule has 5 nitrogen and oxygen atoms in total. The van der Waals surface area contributed by atoms with Crippen LogP contribution in [0.5, 0.6) is 0 Å². The number of benzene rings is 1. The van der Waals surface area contributed by atoms with Crippen molar-refractivity contribution in [3.8, 4) is 0 Å². The minimum atomic E-state index is -0.226. The van der Waals surface area contributed by atoms with Crippen molar-refractivity contribution in [2.75, 3.05) is 23.3 Å². The summed E-state index contributed by atoms with van der Waals surface area (Å²) in [4.78, 5) is 23.0. The van der Waals surface area contributed by atoms with Crippen molar-refractivity contribution in [2.24, 2.45) is 0 Å². The number of halogens is 1. The molecular formula is C15H15BrN4O. The lowest BCUT2D eigenvalue weighted by molar-refractivity contribution is 0.102. The van der Waals surface area contributed by atoms with Gasteiger partial charge in [0.2, 0.25) is 5.95 Å². The summed E-state index contributed by atoms with van der Waals surface area (Å²) < 4.78 is 0.917. The first-order valence-corrected chi connectivity index (χ1v) is 7.66. The Morgan fingerprint density at radius 1 is 1.24 bits per heavy atom. The summed E-state index contributed by atoms with van der Waals surface area (Å²) >= 11 is 3.38. The Bertz CT molecular complexity index is 656. The average molecular weight is 347 g/mol. The van der Waals surface area contributed by atoms with Crippen LogP contribution in [0.2, 0.25) is 0 Å². The molecule has 1 aromatic heterocycles. The van der Waals surface area contributed by atoms with E-state index >= 15 is 0 Å². The number of aromatic nitrogens is 2. The SMILES string of the molecule is O=C(Nc1cccc(Br)c1)c1ccnc(N2CCCC2)n1. The molecule has 1 saturated heterocycles. The summed E-state index contributed by atoms with van der Waals surface area (Å²) in [7, 11) is 0. The lowest BCUT2D eigenvalue weighted by Gasteiger charge is -2.15. The van der Waals surface area contributed by atoms with Crippen molar-refractivity contribution in [1.29, 1.82) is 0 Å². The van der Waals surface area contributed by atoms with Crippen LogP contribution in [0.4, 0.5) is 11.6 Å². The lowest BCUT2D eigenvalue weighted by atomic mass is 10.3. The number of nitrogens with one attached hydrogen (secondary N) is 1. The lowest BCUT2D eigenvalue weighted by Crippen LogP contribution is -2.22. The highest BCUT2D eigenvalue weighted by molar-refractivity contribution is 9.10. The van der Waals surface area contributed by atoms with E-state index < -0.39 is 0 Å². The number of hydrogen-bond acceptors (Lipinski definition) is 4. The fraction of sp³-hybridized carbons (Fsp3) is 0.267. The van der Waals surface area contributed by atoms with Crippen molar-refractivity contribution in [3.05, 3.63) is 46.7 Å². The van der Waals surface area contributed by atoms with Gasteiger partial charge in [0.25, 0.3) is 5.91 Å². The molecule has 108 valence electrons. The number of amides is 1. The first-order chi connectivity index (χ1) is 10.2. The minimum absolute atomic E-state index is 0.226. The van der Waals surface area contributed by atoms with E-state index in [1.165, 1.54) is 0 Å². The quantitative estimate of drug-likeness (QED) is 0.927. The molecule has 2 aromatic rings. The zero-order chi connectivity index (χ0) is 14.7. The van der Waals surface area contributed by atoms with Gasteiger partial charge in [-0.2, -0.15) is 0 Å². The fourth-order valence-corrected chi connectivity index (χ4v) is 2.70. The largest absolute Gasteiger partial charge is 0.341 e. The van der Waals surface area contributed by atoms with E-state index in [4.69, 9.17) is 0 Å². The molecule has 0 spiro atoms. The van der Waals surface area contributed by atoms with Gasteiger partial charge in [0.15, 0.2) is 0 Å². The van der Waals surface area contributed by atoms with Gasteiger partial charge in [-0.3, -0.25) is 4.79 Å². The van der Waals surface area contributed by atoms with Crippen LogP contribution in [0.3, 0.4) is 0 Å². The number of anilines is 2. The molecule has 2 heterocycles. The Morgan fingerprint density at radius 2 is 2.05 bits per heavy atom. The van der Waals surface area contributed by atoms with E-state index in [2.05, 4.69) is 36.1 Å².